The molecule has 0 fully saturated rings. The van der Waals surface area contributed by atoms with Crippen molar-refractivity contribution in [2.45, 2.75) is 52.0 Å². The summed E-state index contributed by atoms with van der Waals surface area (Å²) in [5, 5.41) is 56.7. The Bertz CT molecular complexity index is 1610. The quantitative estimate of drug-likeness (QED) is 0.0265. The minimum atomic E-state index is -1.28. The molecule has 10 N–H and O–H groups in total. The van der Waals surface area contributed by atoms with Crippen LogP contribution in [0.15, 0.2) is 24.3 Å². The third kappa shape index (κ3) is 21.6. The van der Waals surface area contributed by atoms with Gasteiger partial charge in [-0.15, -0.1) is 0 Å². The molecule has 2 aliphatic rings. The minimum absolute atomic E-state index is 0.0129. The summed E-state index contributed by atoms with van der Waals surface area (Å²) < 4.78 is 5.79. The van der Waals surface area contributed by atoms with E-state index in [0.717, 1.165) is 9.80 Å². The van der Waals surface area contributed by atoms with Crippen molar-refractivity contribution in [2.75, 3.05) is 85.1 Å². The molecule has 346 valence electrons. The topological polar surface area (TPSA) is 334 Å². The maximum Gasteiger partial charge on any atom is 0.317 e. The number of nitrogens with one attached hydrogen (secondary N) is 5. The Kier molecular flexibility index (Phi) is 23.5. The Morgan fingerprint density at radius 2 is 1.24 bits per heavy atom. The summed E-state index contributed by atoms with van der Waals surface area (Å²) in [6, 6.07) is 5.80. The van der Waals surface area contributed by atoms with Gasteiger partial charge in [0.2, 0.25) is 29.5 Å². The maximum atomic E-state index is 13.7. The first kappa shape index (κ1) is 52.2. The molecule has 0 aromatic heterocycles. The second-order valence-corrected chi connectivity index (χ2v) is 15.3. The standard InChI is InChI=1S/C39H60N8O15/c1-25(2)17-29-28(38(59)44-61)5-3-16-62-27-8-6-26(7-9-27)18-30(43-37(29)58)39(60)42-19-31(48)40-10-4-11-41-32(49)20-45(12-14-46(21-33(50)51)22-34(52)53)13-15-47(23-35(54)55)24-36(56)57/h6-9,25,28-30,61H,3-5,10-24H2,1-2H3,(H,40,48)(H,41,49)(H,42,60)(H,43,58)(H,44,59)(H,50,51)(H,52,53)(H,54,55)(H,56,57)/t28-,29+,30?/m0/s1. The van der Waals surface area contributed by atoms with E-state index >= 15 is 0 Å². The molecule has 2 aliphatic heterocycles. The van der Waals surface area contributed by atoms with Crippen LogP contribution in [0.25, 0.3) is 0 Å². The van der Waals surface area contributed by atoms with Crippen LogP contribution in [0.3, 0.4) is 0 Å². The van der Waals surface area contributed by atoms with Gasteiger partial charge in [-0.05, 0) is 49.3 Å². The van der Waals surface area contributed by atoms with Crippen molar-refractivity contribution in [1.29, 1.82) is 0 Å². The average molecular weight is 881 g/mol. The number of hydroxylamine groups is 1. The van der Waals surface area contributed by atoms with Gasteiger partial charge >= 0.3 is 23.9 Å². The van der Waals surface area contributed by atoms with Crippen molar-refractivity contribution >= 4 is 53.4 Å². The number of hydrogen-bond donors (Lipinski definition) is 10. The number of carboxylic acids is 4. The smallest absolute Gasteiger partial charge is 0.317 e. The van der Waals surface area contributed by atoms with Crippen LogP contribution in [0.5, 0.6) is 5.75 Å². The highest BCUT2D eigenvalue weighted by atomic mass is 16.5. The average Bonchev–Trinajstić information content (AvgIpc) is 3.18. The SMILES string of the molecule is CC(C)C[C@H]1C(=O)NC(C(=O)NCC(=O)NCCCNC(=O)CN(CCN(CC(=O)O)CC(=O)O)CCN(CC(=O)O)CC(=O)O)Cc2ccc(cc2)OCCC[C@@H]1C(=O)NO. The monoisotopic (exact) mass is 880 g/mol. The summed E-state index contributed by atoms with van der Waals surface area (Å²) in [4.78, 5) is 114. The Morgan fingerprint density at radius 1 is 0.726 bits per heavy atom. The van der Waals surface area contributed by atoms with Crippen molar-refractivity contribution in [3.8, 4) is 5.75 Å². The van der Waals surface area contributed by atoms with E-state index in [1.807, 2.05) is 13.8 Å². The highest BCUT2D eigenvalue weighted by molar-refractivity contribution is 5.93. The first-order valence-electron chi connectivity index (χ1n) is 20.2. The molecular weight excluding hydrogens is 820 g/mol. The van der Waals surface area contributed by atoms with E-state index in [1.54, 1.807) is 29.7 Å². The molecule has 2 heterocycles. The summed E-state index contributed by atoms with van der Waals surface area (Å²) in [5.41, 5.74) is 2.34. The molecule has 0 saturated heterocycles. The lowest BCUT2D eigenvalue weighted by atomic mass is 9.81. The third-order valence-electron chi connectivity index (χ3n) is 9.61. The number of benzene rings is 1. The van der Waals surface area contributed by atoms with Crippen LogP contribution in [0.1, 0.15) is 45.1 Å². The molecule has 1 aromatic carbocycles. The van der Waals surface area contributed by atoms with Crippen LogP contribution in [0.4, 0.5) is 0 Å². The van der Waals surface area contributed by atoms with Gasteiger partial charge in [-0.1, -0.05) is 26.0 Å². The van der Waals surface area contributed by atoms with Crippen molar-refractivity contribution in [2.24, 2.45) is 17.8 Å². The van der Waals surface area contributed by atoms with Crippen LogP contribution >= 0.6 is 0 Å². The molecule has 23 heteroatoms. The highest BCUT2D eigenvalue weighted by Crippen LogP contribution is 2.27. The van der Waals surface area contributed by atoms with Crippen molar-refractivity contribution in [3.05, 3.63) is 29.8 Å². The fourth-order valence-electron chi connectivity index (χ4n) is 6.68. The van der Waals surface area contributed by atoms with E-state index < -0.39 is 104 Å². The number of carbonyl (C=O) groups excluding carboxylic acids is 5. The number of carboxylic acid groups (broad SMARTS) is 4. The van der Waals surface area contributed by atoms with E-state index in [2.05, 4.69) is 21.3 Å². The van der Waals surface area contributed by atoms with E-state index in [4.69, 9.17) is 25.2 Å². The predicted octanol–water partition coefficient (Wildman–Crippen LogP) is -2.35. The molecule has 1 unspecified atom stereocenters. The highest BCUT2D eigenvalue weighted by Gasteiger charge is 2.36. The van der Waals surface area contributed by atoms with Crippen LogP contribution < -0.4 is 31.5 Å². The number of carbonyl (C=O) groups is 9. The molecule has 0 spiro atoms. The molecule has 23 nitrogen and oxygen atoms in total. The van der Waals surface area contributed by atoms with E-state index in [1.165, 1.54) is 4.90 Å². The lowest BCUT2D eigenvalue weighted by molar-refractivity contribution is -0.143. The van der Waals surface area contributed by atoms with Gasteiger partial charge in [0.05, 0.1) is 51.8 Å². The second kappa shape index (κ2) is 27.8. The molecule has 3 rings (SSSR count). The Morgan fingerprint density at radius 3 is 1.74 bits per heavy atom. The van der Waals surface area contributed by atoms with E-state index in [-0.39, 0.29) is 84.0 Å². The molecule has 0 aliphatic carbocycles. The first-order chi connectivity index (χ1) is 29.4. The first-order valence-corrected chi connectivity index (χ1v) is 20.2. The lowest BCUT2D eigenvalue weighted by Crippen LogP contribution is -2.53. The zero-order chi connectivity index (χ0) is 46.2. The molecule has 1 aromatic rings. The lowest BCUT2D eigenvalue weighted by Gasteiger charge is -2.28. The number of amides is 5. The van der Waals surface area contributed by atoms with E-state index in [0.29, 0.717) is 17.7 Å². The number of rotatable bonds is 26. The molecule has 0 radical (unpaired) electrons. The normalized spacial score (nSPS) is 16.8. The summed E-state index contributed by atoms with van der Waals surface area (Å²) in [7, 11) is 0. The zero-order valence-corrected chi connectivity index (χ0v) is 35.0. The van der Waals surface area contributed by atoms with Gasteiger partial charge in [-0.3, -0.25) is 63.1 Å². The maximum absolute atomic E-state index is 13.7. The summed E-state index contributed by atoms with van der Waals surface area (Å²) in [6.45, 7) is 0.849. The van der Waals surface area contributed by atoms with Gasteiger partial charge in [0.1, 0.15) is 11.8 Å². The summed E-state index contributed by atoms with van der Waals surface area (Å²) >= 11 is 0. The zero-order valence-electron chi connectivity index (χ0n) is 35.0. The molecule has 3 atom stereocenters. The fraction of sp³-hybridized carbons (Fsp3) is 0.615. The Labute approximate surface area is 358 Å². The van der Waals surface area contributed by atoms with Crippen LogP contribution in [-0.4, -0.2) is 185 Å². The number of ether oxygens (including phenoxy) is 1. The number of aliphatic carboxylic acids is 4. The van der Waals surface area contributed by atoms with E-state index in [9.17, 15) is 48.4 Å². The summed E-state index contributed by atoms with van der Waals surface area (Å²) in [5.74, 6) is -9.37. The Balaban J connectivity index is 2.00. The largest absolute Gasteiger partial charge is 0.494 e. The molecule has 5 amide bonds. The van der Waals surface area contributed by atoms with Crippen molar-refractivity contribution in [1.82, 2.24) is 41.4 Å². The molecule has 0 saturated carbocycles. The number of fused-ring (bicyclic) bond motifs is 11. The van der Waals surface area contributed by atoms with Gasteiger partial charge in [0.25, 0.3) is 0 Å². The Hall–Kier alpha value is -5.91. The van der Waals surface area contributed by atoms with Crippen LogP contribution in [-0.2, 0) is 49.6 Å². The van der Waals surface area contributed by atoms with Gasteiger partial charge in [0, 0.05) is 51.6 Å². The van der Waals surface area contributed by atoms with Gasteiger partial charge in [-0.25, -0.2) is 5.48 Å². The van der Waals surface area contributed by atoms with Crippen LogP contribution in [0, 0.1) is 17.8 Å². The molecular formula is C39H60N8O15. The van der Waals surface area contributed by atoms with Gasteiger partial charge in [-0.2, -0.15) is 0 Å². The number of hydrogen-bond acceptors (Lipinski definition) is 14. The van der Waals surface area contributed by atoms with Gasteiger partial charge in [0.15, 0.2) is 0 Å². The van der Waals surface area contributed by atoms with Crippen molar-refractivity contribution in [3.63, 3.8) is 0 Å². The van der Waals surface area contributed by atoms with Crippen LogP contribution in [0.2, 0.25) is 0 Å². The van der Waals surface area contributed by atoms with Crippen molar-refractivity contribution < 1.29 is 73.5 Å². The van der Waals surface area contributed by atoms with Gasteiger partial charge < -0.3 is 46.4 Å². The third-order valence-corrected chi connectivity index (χ3v) is 9.61. The fourth-order valence-corrected chi connectivity index (χ4v) is 6.68. The predicted molar refractivity (Wildman–Crippen MR) is 217 cm³/mol. The molecule has 62 heavy (non-hydrogen) atoms. The summed E-state index contributed by atoms with van der Waals surface area (Å²) in [6.07, 6.45) is 1.23. The molecule has 2 bridgehead atoms. The number of nitrogens with zero attached hydrogens (tertiary/aromatic N) is 3. The second-order valence-electron chi connectivity index (χ2n) is 15.3. The minimum Gasteiger partial charge on any atom is -0.494 e.